The zero-order valence-electron chi connectivity index (χ0n) is 11.0. The number of carbonyl (C=O) groups is 1. The highest BCUT2D eigenvalue weighted by Gasteiger charge is 2.20. The number of nitro benzene ring substituents is 1. The molecular formula is C13H15Cl2NO4. The summed E-state index contributed by atoms with van der Waals surface area (Å²) in [5.74, 6) is -0.697. The molecule has 0 amide bonds. The fraction of sp³-hybridized carbons (Fsp3) is 0.462. The number of esters is 1. The maximum Gasteiger partial charge on any atom is 0.339 e. The fourth-order valence-electron chi connectivity index (χ4n) is 1.60. The lowest BCUT2D eigenvalue weighted by molar-refractivity contribution is -0.384. The zero-order valence-corrected chi connectivity index (χ0v) is 12.5. The largest absolute Gasteiger partial charge is 0.462 e. The smallest absolute Gasteiger partial charge is 0.339 e. The van der Waals surface area contributed by atoms with E-state index >= 15 is 0 Å². The molecule has 0 radical (unpaired) electrons. The van der Waals surface area contributed by atoms with Gasteiger partial charge in [0.2, 0.25) is 0 Å². The number of hydrogen-bond acceptors (Lipinski definition) is 4. The van der Waals surface area contributed by atoms with Crippen LogP contribution in [0.4, 0.5) is 5.69 Å². The third-order valence-corrected chi connectivity index (χ3v) is 3.48. The Balaban J connectivity index is 2.74. The molecule has 0 bridgehead atoms. The van der Waals surface area contributed by atoms with Gasteiger partial charge in [-0.25, -0.2) is 4.79 Å². The SMILES string of the molecule is CCCCCCOC(=O)c1cc([N+](=O)[O-])cc(Cl)c1Cl. The third-order valence-electron chi connectivity index (χ3n) is 2.67. The Bertz CT molecular complexity index is 505. The topological polar surface area (TPSA) is 69.4 Å². The number of rotatable bonds is 7. The van der Waals surface area contributed by atoms with Crippen molar-refractivity contribution in [2.45, 2.75) is 32.6 Å². The van der Waals surface area contributed by atoms with Crippen LogP contribution in [0.3, 0.4) is 0 Å². The van der Waals surface area contributed by atoms with Gasteiger partial charge in [0.1, 0.15) is 0 Å². The summed E-state index contributed by atoms with van der Waals surface area (Å²) in [5, 5.41) is 10.6. The monoisotopic (exact) mass is 319 g/mol. The van der Waals surface area contributed by atoms with Gasteiger partial charge >= 0.3 is 5.97 Å². The zero-order chi connectivity index (χ0) is 15.1. The van der Waals surface area contributed by atoms with Gasteiger partial charge in [0.25, 0.3) is 5.69 Å². The summed E-state index contributed by atoms with van der Waals surface area (Å²) < 4.78 is 5.04. The van der Waals surface area contributed by atoms with E-state index in [2.05, 4.69) is 6.92 Å². The molecule has 0 saturated carbocycles. The van der Waals surface area contributed by atoms with Crippen LogP contribution in [0.25, 0.3) is 0 Å². The number of unbranched alkanes of at least 4 members (excludes halogenated alkanes) is 3. The predicted octanol–water partition coefficient (Wildman–Crippen LogP) is 4.64. The molecule has 1 aromatic rings. The highest BCUT2D eigenvalue weighted by atomic mass is 35.5. The molecule has 1 aromatic carbocycles. The molecule has 0 heterocycles. The maximum absolute atomic E-state index is 11.8. The summed E-state index contributed by atoms with van der Waals surface area (Å²) in [7, 11) is 0. The Morgan fingerprint density at radius 1 is 1.30 bits per heavy atom. The first-order valence-corrected chi connectivity index (χ1v) is 7.03. The molecule has 0 unspecified atom stereocenters. The number of nitrogens with zero attached hydrogens (tertiary/aromatic N) is 1. The molecule has 0 aliphatic carbocycles. The van der Waals surface area contributed by atoms with Crippen LogP contribution in [0.1, 0.15) is 43.0 Å². The van der Waals surface area contributed by atoms with Crippen LogP contribution in [0.5, 0.6) is 0 Å². The van der Waals surface area contributed by atoms with E-state index in [0.717, 1.165) is 37.8 Å². The standard InChI is InChI=1S/C13H15Cl2NO4/c1-2-3-4-5-6-20-13(17)10-7-9(16(18)19)8-11(14)12(10)15/h7-8H,2-6H2,1H3. The van der Waals surface area contributed by atoms with E-state index in [-0.39, 0.29) is 27.9 Å². The molecule has 1 rings (SSSR count). The first kappa shape index (κ1) is 16.7. The predicted molar refractivity (Wildman–Crippen MR) is 77.5 cm³/mol. The van der Waals surface area contributed by atoms with Crippen LogP contribution in [0.15, 0.2) is 12.1 Å². The minimum absolute atomic E-state index is 0.0316. The number of non-ortho nitro benzene ring substituents is 1. The molecule has 110 valence electrons. The molecule has 0 saturated heterocycles. The maximum atomic E-state index is 11.8. The third kappa shape index (κ3) is 4.65. The summed E-state index contributed by atoms with van der Waals surface area (Å²) in [6.45, 7) is 2.34. The molecule has 0 fully saturated rings. The number of carbonyl (C=O) groups excluding carboxylic acids is 1. The van der Waals surface area contributed by atoms with Crippen LogP contribution < -0.4 is 0 Å². The van der Waals surface area contributed by atoms with Crippen molar-refractivity contribution in [2.75, 3.05) is 6.61 Å². The highest BCUT2D eigenvalue weighted by molar-refractivity contribution is 6.43. The Morgan fingerprint density at radius 3 is 2.60 bits per heavy atom. The van der Waals surface area contributed by atoms with E-state index in [1.807, 2.05) is 0 Å². The molecule has 0 spiro atoms. The second-order valence-corrected chi connectivity index (χ2v) is 5.03. The van der Waals surface area contributed by atoms with Crippen molar-refractivity contribution in [1.29, 1.82) is 0 Å². The average molecular weight is 320 g/mol. The van der Waals surface area contributed by atoms with E-state index < -0.39 is 10.9 Å². The van der Waals surface area contributed by atoms with Gasteiger partial charge in [-0.3, -0.25) is 10.1 Å². The molecular weight excluding hydrogens is 305 g/mol. The van der Waals surface area contributed by atoms with Gasteiger partial charge in [0.05, 0.1) is 27.1 Å². The van der Waals surface area contributed by atoms with Gasteiger partial charge in [-0.2, -0.15) is 0 Å². The molecule has 0 aliphatic heterocycles. The first-order chi connectivity index (χ1) is 9.47. The highest BCUT2D eigenvalue weighted by Crippen LogP contribution is 2.31. The quantitative estimate of drug-likeness (QED) is 0.318. The van der Waals surface area contributed by atoms with Gasteiger partial charge < -0.3 is 4.74 Å². The Labute approximate surface area is 127 Å². The lowest BCUT2D eigenvalue weighted by Crippen LogP contribution is -2.08. The summed E-state index contributed by atoms with van der Waals surface area (Å²) in [6.07, 6.45) is 3.87. The Kier molecular flexibility index (Phi) is 6.75. The minimum atomic E-state index is -0.697. The number of hydrogen-bond donors (Lipinski definition) is 0. The van der Waals surface area contributed by atoms with Crippen molar-refractivity contribution in [1.82, 2.24) is 0 Å². The molecule has 20 heavy (non-hydrogen) atoms. The molecule has 5 nitrogen and oxygen atoms in total. The summed E-state index contributed by atoms with van der Waals surface area (Å²) in [6, 6.07) is 2.17. The second kappa shape index (κ2) is 8.07. The van der Waals surface area contributed by atoms with E-state index in [0.29, 0.717) is 0 Å². The number of halogens is 2. The number of benzene rings is 1. The van der Waals surface area contributed by atoms with E-state index in [9.17, 15) is 14.9 Å². The second-order valence-electron chi connectivity index (χ2n) is 4.24. The van der Waals surface area contributed by atoms with Gasteiger partial charge in [-0.05, 0) is 6.42 Å². The lowest BCUT2D eigenvalue weighted by atomic mass is 10.2. The van der Waals surface area contributed by atoms with Gasteiger partial charge in [-0.1, -0.05) is 49.4 Å². The molecule has 7 heteroatoms. The van der Waals surface area contributed by atoms with Gasteiger partial charge in [0, 0.05) is 12.1 Å². The van der Waals surface area contributed by atoms with Crippen LogP contribution in [0.2, 0.25) is 10.0 Å². The van der Waals surface area contributed by atoms with Crippen molar-refractivity contribution in [3.05, 3.63) is 37.9 Å². The van der Waals surface area contributed by atoms with Crippen molar-refractivity contribution in [3.8, 4) is 0 Å². The van der Waals surface area contributed by atoms with Gasteiger partial charge in [-0.15, -0.1) is 0 Å². The van der Waals surface area contributed by atoms with Gasteiger partial charge in [0.15, 0.2) is 0 Å². The van der Waals surface area contributed by atoms with Crippen molar-refractivity contribution < 1.29 is 14.5 Å². The van der Waals surface area contributed by atoms with Crippen LogP contribution >= 0.6 is 23.2 Å². The van der Waals surface area contributed by atoms with Crippen molar-refractivity contribution >= 4 is 34.9 Å². The summed E-state index contributed by atoms with van der Waals surface area (Å²) in [5.41, 5.74) is -0.376. The van der Waals surface area contributed by atoms with E-state index in [1.54, 1.807) is 0 Å². The van der Waals surface area contributed by atoms with Crippen LogP contribution in [-0.2, 0) is 4.74 Å². The summed E-state index contributed by atoms with van der Waals surface area (Å²) >= 11 is 11.6. The lowest BCUT2D eigenvalue weighted by Gasteiger charge is -2.07. The molecule has 0 aromatic heterocycles. The summed E-state index contributed by atoms with van der Waals surface area (Å²) in [4.78, 5) is 21.9. The first-order valence-electron chi connectivity index (χ1n) is 6.28. The molecule has 0 aliphatic rings. The molecule has 0 atom stereocenters. The Hall–Kier alpha value is -1.33. The van der Waals surface area contributed by atoms with E-state index in [4.69, 9.17) is 27.9 Å². The Morgan fingerprint density at radius 2 is 2.00 bits per heavy atom. The number of ether oxygens (including phenoxy) is 1. The molecule has 0 N–H and O–H groups in total. The minimum Gasteiger partial charge on any atom is -0.462 e. The van der Waals surface area contributed by atoms with Crippen LogP contribution in [-0.4, -0.2) is 17.5 Å². The van der Waals surface area contributed by atoms with Crippen molar-refractivity contribution in [2.24, 2.45) is 0 Å². The van der Waals surface area contributed by atoms with Crippen molar-refractivity contribution in [3.63, 3.8) is 0 Å². The van der Waals surface area contributed by atoms with Crippen LogP contribution in [0, 0.1) is 10.1 Å². The average Bonchev–Trinajstić information content (AvgIpc) is 2.41. The fourth-order valence-corrected chi connectivity index (χ4v) is 2.00. The number of nitro groups is 1. The van der Waals surface area contributed by atoms with E-state index in [1.165, 1.54) is 0 Å². The normalized spacial score (nSPS) is 10.3.